The van der Waals surface area contributed by atoms with Crippen LogP contribution in [-0.2, 0) is 26.6 Å². The van der Waals surface area contributed by atoms with E-state index in [4.69, 9.17) is 0 Å². The van der Waals surface area contributed by atoms with Gasteiger partial charge in [-0.15, -0.1) is 0 Å². The van der Waals surface area contributed by atoms with Gasteiger partial charge in [0.1, 0.15) is 0 Å². The number of aryl methyl sites for hydroxylation is 2. The second kappa shape index (κ2) is 10.4. The van der Waals surface area contributed by atoms with Crippen LogP contribution in [0.1, 0.15) is 36.6 Å². The van der Waals surface area contributed by atoms with Crippen molar-refractivity contribution in [3.63, 3.8) is 0 Å². The first-order valence-electron chi connectivity index (χ1n) is 12.5. The van der Waals surface area contributed by atoms with Crippen molar-refractivity contribution in [2.45, 2.75) is 45.3 Å². The Balaban J connectivity index is 1.48. The maximum absolute atomic E-state index is 13.5. The molecule has 0 bridgehead atoms. The van der Waals surface area contributed by atoms with Gasteiger partial charge in [0.2, 0.25) is 0 Å². The summed E-state index contributed by atoms with van der Waals surface area (Å²) < 4.78 is 2.08. The summed E-state index contributed by atoms with van der Waals surface area (Å²) in [4.78, 5) is 27.2. The van der Waals surface area contributed by atoms with Gasteiger partial charge in [-0.3, -0.25) is 19.7 Å². The predicted molar refractivity (Wildman–Crippen MR) is 142 cm³/mol. The van der Waals surface area contributed by atoms with Crippen LogP contribution in [0.3, 0.4) is 0 Å². The van der Waals surface area contributed by atoms with E-state index in [-0.39, 0.29) is 5.43 Å². The molecule has 1 aliphatic rings. The lowest BCUT2D eigenvalue weighted by Crippen LogP contribution is -2.48. The SMILES string of the molecule is CCc1cc(CN(Cc2cn(C)c3ccccc3c2=O)C2CCCN(c3cccnc3)C2)ccn1. The number of hydrogen-bond acceptors (Lipinski definition) is 5. The highest BCUT2D eigenvalue weighted by Gasteiger charge is 2.27. The number of pyridine rings is 3. The van der Waals surface area contributed by atoms with E-state index in [0.717, 1.165) is 66.7 Å². The summed E-state index contributed by atoms with van der Waals surface area (Å²) in [6.07, 6.45) is 10.8. The third-order valence-corrected chi connectivity index (χ3v) is 7.10. The molecule has 35 heavy (non-hydrogen) atoms. The van der Waals surface area contributed by atoms with Gasteiger partial charge >= 0.3 is 0 Å². The number of hydrogen-bond donors (Lipinski definition) is 0. The van der Waals surface area contributed by atoms with Crippen molar-refractivity contribution in [1.29, 1.82) is 0 Å². The number of piperidine rings is 1. The molecule has 0 spiro atoms. The first kappa shape index (κ1) is 23.2. The molecule has 4 aromatic rings. The van der Waals surface area contributed by atoms with E-state index in [1.165, 1.54) is 5.56 Å². The first-order valence-corrected chi connectivity index (χ1v) is 12.5. The monoisotopic (exact) mass is 467 g/mol. The van der Waals surface area contributed by atoms with Gasteiger partial charge in [-0.2, -0.15) is 0 Å². The molecule has 1 unspecified atom stereocenters. The predicted octanol–water partition coefficient (Wildman–Crippen LogP) is 4.56. The molecule has 1 atom stereocenters. The molecule has 0 N–H and O–H groups in total. The Morgan fingerprint density at radius 2 is 1.97 bits per heavy atom. The molecule has 0 radical (unpaired) electrons. The van der Waals surface area contributed by atoms with Crippen molar-refractivity contribution in [3.8, 4) is 0 Å². The number of nitrogens with zero attached hydrogens (tertiary/aromatic N) is 5. The smallest absolute Gasteiger partial charge is 0.193 e. The van der Waals surface area contributed by atoms with E-state index in [2.05, 4.69) is 49.5 Å². The molecule has 0 amide bonds. The van der Waals surface area contributed by atoms with Crippen LogP contribution in [0.2, 0.25) is 0 Å². The molecule has 180 valence electrons. The zero-order chi connectivity index (χ0) is 24.2. The summed E-state index contributed by atoms with van der Waals surface area (Å²) in [5.41, 5.74) is 5.45. The lowest BCUT2D eigenvalue weighted by molar-refractivity contribution is 0.158. The van der Waals surface area contributed by atoms with Crippen LogP contribution in [0.15, 0.2) is 78.1 Å². The van der Waals surface area contributed by atoms with Gasteiger partial charge in [0.25, 0.3) is 0 Å². The second-order valence-electron chi connectivity index (χ2n) is 9.48. The quantitative estimate of drug-likeness (QED) is 0.399. The van der Waals surface area contributed by atoms with E-state index in [9.17, 15) is 4.79 Å². The highest BCUT2D eigenvalue weighted by Crippen LogP contribution is 2.25. The Morgan fingerprint density at radius 3 is 2.80 bits per heavy atom. The Hall–Kier alpha value is -3.51. The third kappa shape index (κ3) is 5.13. The van der Waals surface area contributed by atoms with Crippen LogP contribution in [0.5, 0.6) is 0 Å². The fourth-order valence-electron chi connectivity index (χ4n) is 5.24. The average Bonchev–Trinajstić information content (AvgIpc) is 2.92. The van der Waals surface area contributed by atoms with E-state index in [1.807, 2.05) is 62.2 Å². The Bertz CT molecular complexity index is 1350. The third-order valence-electron chi connectivity index (χ3n) is 7.10. The largest absolute Gasteiger partial charge is 0.369 e. The minimum atomic E-state index is 0.132. The molecule has 3 aromatic heterocycles. The van der Waals surface area contributed by atoms with Crippen molar-refractivity contribution < 1.29 is 0 Å². The van der Waals surface area contributed by atoms with Crippen LogP contribution < -0.4 is 10.3 Å². The van der Waals surface area contributed by atoms with E-state index in [1.54, 1.807) is 0 Å². The number of anilines is 1. The summed E-state index contributed by atoms with van der Waals surface area (Å²) >= 11 is 0. The normalized spacial score (nSPS) is 16.2. The second-order valence-corrected chi connectivity index (χ2v) is 9.48. The zero-order valence-electron chi connectivity index (χ0n) is 20.6. The Kier molecular flexibility index (Phi) is 6.91. The van der Waals surface area contributed by atoms with Crippen molar-refractivity contribution in [3.05, 3.63) is 100 Å². The zero-order valence-corrected chi connectivity index (χ0v) is 20.6. The molecule has 1 aliphatic heterocycles. The Labute approximate surface area is 206 Å². The van der Waals surface area contributed by atoms with Gasteiger partial charge < -0.3 is 9.47 Å². The molecule has 0 aliphatic carbocycles. The fraction of sp³-hybridized carbons (Fsp3) is 0.345. The standard InChI is InChI=1S/C29H33N5O/c1-3-24-16-22(12-14-31-24)18-34(26-9-7-15-33(21-26)25-8-6-13-30-17-25)20-23-19-32(2)28-11-5-4-10-27(28)29(23)35/h4-6,8,10-14,16-17,19,26H,3,7,9,15,18,20-21H2,1-2H3. The molecule has 1 fully saturated rings. The molecule has 1 aromatic carbocycles. The van der Waals surface area contributed by atoms with Gasteiger partial charge in [-0.05, 0) is 61.2 Å². The molecular formula is C29H33N5O. The van der Waals surface area contributed by atoms with Crippen molar-refractivity contribution >= 4 is 16.6 Å². The van der Waals surface area contributed by atoms with Crippen LogP contribution in [0.25, 0.3) is 10.9 Å². The van der Waals surface area contributed by atoms with E-state index in [0.29, 0.717) is 12.6 Å². The highest BCUT2D eigenvalue weighted by molar-refractivity contribution is 5.79. The molecule has 6 nitrogen and oxygen atoms in total. The summed E-state index contributed by atoms with van der Waals surface area (Å²) in [5, 5.41) is 0.783. The highest BCUT2D eigenvalue weighted by atomic mass is 16.1. The van der Waals surface area contributed by atoms with Crippen LogP contribution in [-0.4, -0.2) is 38.6 Å². The lowest BCUT2D eigenvalue weighted by Gasteiger charge is -2.40. The minimum Gasteiger partial charge on any atom is -0.369 e. The fourth-order valence-corrected chi connectivity index (χ4v) is 5.24. The van der Waals surface area contributed by atoms with Gasteiger partial charge in [0.05, 0.1) is 17.4 Å². The molecule has 0 saturated carbocycles. The number of aromatic nitrogens is 3. The number of fused-ring (bicyclic) bond motifs is 1. The van der Waals surface area contributed by atoms with Crippen molar-refractivity contribution in [1.82, 2.24) is 19.4 Å². The van der Waals surface area contributed by atoms with Gasteiger partial charge in [-0.1, -0.05) is 19.1 Å². The van der Waals surface area contributed by atoms with Gasteiger partial charge in [0.15, 0.2) is 5.43 Å². The summed E-state index contributed by atoms with van der Waals surface area (Å²) in [6, 6.07) is 16.6. The van der Waals surface area contributed by atoms with Gasteiger partial charge in [-0.25, -0.2) is 0 Å². The van der Waals surface area contributed by atoms with Crippen molar-refractivity contribution in [2.24, 2.45) is 7.05 Å². The lowest BCUT2D eigenvalue weighted by atomic mass is 10.0. The van der Waals surface area contributed by atoms with E-state index >= 15 is 0 Å². The van der Waals surface area contributed by atoms with Crippen LogP contribution in [0, 0.1) is 0 Å². The summed E-state index contributed by atoms with van der Waals surface area (Å²) in [5.74, 6) is 0. The molecule has 6 heteroatoms. The number of rotatable bonds is 7. The summed E-state index contributed by atoms with van der Waals surface area (Å²) in [7, 11) is 2.02. The first-order chi connectivity index (χ1) is 17.1. The van der Waals surface area contributed by atoms with E-state index < -0.39 is 0 Å². The van der Waals surface area contributed by atoms with Gasteiger partial charge in [0, 0.05) is 74.5 Å². The average molecular weight is 468 g/mol. The summed E-state index contributed by atoms with van der Waals surface area (Å²) in [6.45, 7) is 5.49. The van der Waals surface area contributed by atoms with Crippen LogP contribution >= 0.6 is 0 Å². The molecular weight excluding hydrogens is 434 g/mol. The number of para-hydroxylation sites is 1. The number of benzene rings is 1. The molecule has 5 rings (SSSR count). The van der Waals surface area contributed by atoms with Crippen LogP contribution in [0.4, 0.5) is 5.69 Å². The maximum atomic E-state index is 13.5. The minimum absolute atomic E-state index is 0.132. The molecule has 1 saturated heterocycles. The maximum Gasteiger partial charge on any atom is 0.193 e. The topological polar surface area (TPSA) is 54.3 Å². The van der Waals surface area contributed by atoms with Crippen molar-refractivity contribution in [2.75, 3.05) is 18.0 Å². The Morgan fingerprint density at radius 1 is 1.09 bits per heavy atom. The molecule has 4 heterocycles.